The summed E-state index contributed by atoms with van der Waals surface area (Å²) in [5, 5.41) is 31.3. The smallest absolute Gasteiger partial charge is 0.330 e. The Morgan fingerprint density at radius 3 is 2.80 bits per heavy atom. The first kappa shape index (κ1) is 13.5. The zero-order valence-electron chi connectivity index (χ0n) is 10.6. The molecular formula is C11H15N3O6. The molecule has 2 aliphatic rings. The molecule has 0 aromatic carbocycles. The number of rotatable bonds is 1. The van der Waals surface area contributed by atoms with E-state index in [-0.39, 0.29) is 6.54 Å². The lowest BCUT2D eigenvalue weighted by Gasteiger charge is -2.31. The van der Waals surface area contributed by atoms with Crippen molar-refractivity contribution >= 4 is 0 Å². The van der Waals surface area contributed by atoms with Crippen molar-refractivity contribution in [3.8, 4) is 0 Å². The highest BCUT2D eigenvalue weighted by atomic mass is 16.6. The summed E-state index contributed by atoms with van der Waals surface area (Å²) in [6.45, 7) is 1.56. The second kappa shape index (κ2) is 4.24. The highest BCUT2D eigenvalue weighted by molar-refractivity contribution is 5.12. The van der Waals surface area contributed by atoms with Crippen molar-refractivity contribution in [1.82, 2.24) is 14.6 Å². The Morgan fingerprint density at radius 1 is 1.50 bits per heavy atom. The van der Waals surface area contributed by atoms with Gasteiger partial charge in [0.15, 0.2) is 6.23 Å². The van der Waals surface area contributed by atoms with Gasteiger partial charge in [-0.2, -0.15) is 5.06 Å². The van der Waals surface area contributed by atoms with Gasteiger partial charge in [-0.25, -0.2) is 4.79 Å². The van der Waals surface area contributed by atoms with Crippen LogP contribution in [0.15, 0.2) is 21.9 Å². The van der Waals surface area contributed by atoms with E-state index in [0.717, 1.165) is 15.7 Å². The SMILES string of the molecule is CC1N(O)CC2OC(n3ccc(=O)[nH]c3=O)C(O)C21O. The average molecular weight is 285 g/mol. The molecule has 5 unspecified atom stereocenters. The third kappa shape index (κ3) is 1.61. The number of H-pyrrole nitrogens is 1. The van der Waals surface area contributed by atoms with Gasteiger partial charge >= 0.3 is 5.69 Å². The number of aliphatic hydroxyl groups is 2. The van der Waals surface area contributed by atoms with Crippen LogP contribution in [-0.2, 0) is 4.74 Å². The number of nitrogens with one attached hydrogen (secondary N) is 1. The molecule has 20 heavy (non-hydrogen) atoms. The first-order chi connectivity index (χ1) is 9.35. The third-order valence-corrected chi connectivity index (χ3v) is 4.16. The Balaban J connectivity index is 2.00. The van der Waals surface area contributed by atoms with Gasteiger partial charge in [0.1, 0.15) is 17.8 Å². The number of ether oxygens (including phenoxy) is 1. The van der Waals surface area contributed by atoms with E-state index in [4.69, 9.17) is 4.74 Å². The summed E-state index contributed by atoms with van der Waals surface area (Å²) in [6, 6.07) is 0.378. The molecule has 0 bridgehead atoms. The first-order valence-corrected chi connectivity index (χ1v) is 6.18. The highest BCUT2D eigenvalue weighted by Gasteiger charge is 2.64. The van der Waals surface area contributed by atoms with Gasteiger partial charge in [0.05, 0.1) is 12.6 Å². The molecule has 0 radical (unpaired) electrons. The Bertz CT molecular complexity index is 642. The fourth-order valence-electron chi connectivity index (χ4n) is 2.89. The number of aromatic nitrogens is 2. The molecule has 0 amide bonds. The summed E-state index contributed by atoms with van der Waals surface area (Å²) < 4.78 is 6.50. The highest BCUT2D eigenvalue weighted by Crippen LogP contribution is 2.44. The summed E-state index contributed by atoms with van der Waals surface area (Å²) in [4.78, 5) is 24.8. The van der Waals surface area contributed by atoms with Crippen LogP contribution >= 0.6 is 0 Å². The van der Waals surface area contributed by atoms with E-state index in [9.17, 15) is 25.0 Å². The van der Waals surface area contributed by atoms with Crippen LogP contribution in [-0.4, -0.2) is 60.4 Å². The maximum atomic E-state index is 11.7. The molecular weight excluding hydrogens is 270 g/mol. The lowest BCUT2D eigenvalue weighted by molar-refractivity contribution is -0.162. The zero-order chi connectivity index (χ0) is 14.7. The third-order valence-electron chi connectivity index (χ3n) is 4.16. The first-order valence-electron chi connectivity index (χ1n) is 6.18. The maximum absolute atomic E-state index is 11.7. The van der Waals surface area contributed by atoms with Crippen LogP contribution in [0.4, 0.5) is 0 Å². The van der Waals surface area contributed by atoms with E-state index in [1.165, 1.54) is 6.20 Å². The Hall–Kier alpha value is -1.52. The van der Waals surface area contributed by atoms with Crippen molar-refractivity contribution in [2.45, 2.75) is 37.0 Å². The second-order valence-electron chi connectivity index (χ2n) is 5.16. The molecule has 5 atom stereocenters. The summed E-state index contributed by atoms with van der Waals surface area (Å²) in [5.41, 5.74) is -2.99. The normalized spacial score (nSPS) is 41.0. The van der Waals surface area contributed by atoms with E-state index in [1.54, 1.807) is 6.92 Å². The maximum Gasteiger partial charge on any atom is 0.330 e. The number of nitrogens with zero attached hydrogens (tertiary/aromatic N) is 2. The summed E-state index contributed by atoms with van der Waals surface area (Å²) in [7, 11) is 0. The van der Waals surface area contributed by atoms with E-state index in [1.807, 2.05) is 0 Å². The van der Waals surface area contributed by atoms with Crippen molar-refractivity contribution in [3.63, 3.8) is 0 Å². The molecule has 0 aliphatic carbocycles. The van der Waals surface area contributed by atoms with Crippen LogP contribution in [0, 0.1) is 0 Å². The largest absolute Gasteiger partial charge is 0.385 e. The summed E-state index contributed by atoms with van der Waals surface area (Å²) >= 11 is 0. The van der Waals surface area contributed by atoms with Crippen molar-refractivity contribution in [1.29, 1.82) is 0 Å². The quantitative estimate of drug-likeness (QED) is 0.453. The molecule has 2 saturated heterocycles. The Labute approximate surface area is 112 Å². The molecule has 9 nitrogen and oxygen atoms in total. The standard InChI is InChI=1S/C11H15N3O6/c1-5-11(18)6(4-14(5)19)20-9(8(11)16)13-3-2-7(15)12-10(13)17/h2-3,5-6,8-9,16,18-19H,4H2,1H3,(H,12,15,17). The monoisotopic (exact) mass is 285 g/mol. The molecule has 1 aromatic heterocycles. The van der Waals surface area contributed by atoms with Crippen molar-refractivity contribution in [2.75, 3.05) is 6.54 Å². The van der Waals surface area contributed by atoms with E-state index in [0.29, 0.717) is 0 Å². The van der Waals surface area contributed by atoms with Gasteiger partial charge in [-0.1, -0.05) is 0 Å². The summed E-state index contributed by atoms with van der Waals surface area (Å²) in [6.07, 6.45) is -2.17. The van der Waals surface area contributed by atoms with Crippen molar-refractivity contribution in [2.24, 2.45) is 0 Å². The number of hydrogen-bond donors (Lipinski definition) is 4. The van der Waals surface area contributed by atoms with Gasteiger partial charge in [-0.3, -0.25) is 14.3 Å². The zero-order valence-corrected chi connectivity index (χ0v) is 10.6. The second-order valence-corrected chi connectivity index (χ2v) is 5.16. The van der Waals surface area contributed by atoms with Gasteiger partial charge in [-0.05, 0) is 6.92 Å². The molecule has 3 rings (SSSR count). The topological polar surface area (TPSA) is 128 Å². The molecule has 4 N–H and O–H groups in total. The number of fused-ring (bicyclic) bond motifs is 1. The predicted octanol–water partition coefficient (Wildman–Crippen LogP) is -2.38. The van der Waals surface area contributed by atoms with Gasteiger partial charge in [0.2, 0.25) is 0 Å². The van der Waals surface area contributed by atoms with Crippen molar-refractivity contribution in [3.05, 3.63) is 33.1 Å². The van der Waals surface area contributed by atoms with Crippen molar-refractivity contribution < 1.29 is 20.2 Å². The minimum atomic E-state index is -1.69. The minimum Gasteiger partial charge on any atom is -0.385 e. The average Bonchev–Trinajstić information content (AvgIpc) is 2.75. The van der Waals surface area contributed by atoms with Crippen LogP contribution in [0.5, 0.6) is 0 Å². The molecule has 2 aliphatic heterocycles. The van der Waals surface area contributed by atoms with E-state index < -0.39 is 41.3 Å². The van der Waals surface area contributed by atoms with Gasteiger partial charge < -0.3 is 20.2 Å². The van der Waals surface area contributed by atoms with Crippen LogP contribution in [0.3, 0.4) is 0 Å². The molecule has 0 spiro atoms. The summed E-state index contributed by atoms with van der Waals surface area (Å²) in [5.74, 6) is 0. The van der Waals surface area contributed by atoms with Crippen LogP contribution < -0.4 is 11.2 Å². The Morgan fingerprint density at radius 2 is 2.20 bits per heavy atom. The lowest BCUT2D eigenvalue weighted by atomic mass is 9.89. The number of hydroxylamine groups is 2. The van der Waals surface area contributed by atoms with Gasteiger partial charge in [-0.15, -0.1) is 0 Å². The fraction of sp³-hybridized carbons (Fsp3) is 0.636. The molecule has 2 fully saturated rings. The minimum absolute atomic E-state index is 0.0172. The fourth-order valence-corrected chi connectivity index (χ4v) is 2.89. The lowest BCUT2D eigenvalue weighted by Crippen LogP contribution is -2.53. The Kier molecular flexibility index (Phi) is 2.85. The number of aliphatic hydroxyl groups excluding tert-OH is 1. The molecule has 3 heterocycles. The molecule has 0 saturated carbocycles. The molecule has 1 aromatic rings. The van der Waals surface area contributed by atoms with Crippen LogP contribution in [0.1, 0.15) is 13.2 Å². The molecule has 9 heteroatoms. The van der Waals surface area contributed by atoms with Gasteiger partial charge in [0, 0.05) is 12.3 Å². The van der Waals surface area contributed by atoms with E-state index in [2.05, 4.69) is 4.98 Å². The predicted molar refractivity (Wildman–Crippen MR) is 64.1 cm³/mol. The molecule has 110 valence electrons. The van der Waals surface area contributed by atoms with E-state index >= 15 is 0 Å². The number of aromatic amines is 1. The van der Waals surface area contributed by atoms with Crippen LogP contribution in [0.25, 0.3) is 0 Å². The number of hydrogen-bond acceptors (Lipinski definition) is 7. The van der Waals surface area contributed by atoms with Crippen LogP contribution in [0.2, 0.25) is 0 Å². The van der Waals surface area contributed by atoms with Gasteiger partial charge in [0.25, 0.3) is 5.56 Å².